The first kappa shape index (κ1) is 8.87. The molecule has 0 aliphatic rings. The highest BCUT2D eigenvalue weighted by Crippen LogP contribution is 2.03. The summed E-state index contributed by atoms with van der Waals surface area (Å²) < 4.78 is 12.6. The van der Waals surface area contributed by atoms with Gasteiger partial charge in [0.1, 0.15) is 5.82 Å². The normalized spacial score (nSPS) is 9.83. The average Bonchev–Trinajstić information content (AvgIpc) is 2.04. The van der Waals surface area contributed by atoms with Crippen LogP contribution in [0.15, 0.2) is 24.3 Å². The smallest absolute Gasteiger partial charge is 0.150 e. The fourth-order valence-electron chi connectivity index (χ4n) is 0.947. The summed E-state index contributed by atoms with van der Waals surface area (Å²) >= 11 is 0. The zero-order valence-electron chi connectivity index (χ0n) is 6.59. The predicted octanol–water partition coefficient (Wildman–Crippen LogP) is 0.896. The van der Waals surface area contributed by atoms with Gasteiger partial charge in [-0.05, 0) is 17.7 Å². The maximum atomic E-state index is 12.6. The Labute approximate surface area is 70.2 Å². The summed E-state index contributed by atoms with van der Waals surface area (Å²) in [5.41, 5.74) is 5.79. The maximum absolute atomic E-state index is 12.6. The van der Waals surface area contributed by atoms with Crippen LogP contribution in [0.1, 0.15) is 5.56 Å². The van der Waals surface area contributed by atoms with Gasteiger partial charge in [0, 0.05) is 6.42 Å². The van der Waals surface area contributed by atoms with Crippen LogP contribution in [-0.4, -0.2) is 12.3 Å². The topological polar surface area (TPSA) is 43.1 Å². The van der Waals surface area contributed by atoms with E-state index in [0.29, 0.717) is 5.56 Å². The lowest BCUT2D eigenvalue weighted by Crippen LogP contribution is -2.15. The van der Waals surface area contributed by atoms with Crippen LogP contribution in [-0.2, 0) is 11.2 Å². The van der Waals surface area contributed by atoms with Crippen molar-refractivity contribution >= 4 is 5.78 Å². The van der Waals surface area contributed by atoms with Gasteiger partial charge in [0.05, 0.1) is 6.54 Å². The Morgan fingerprint density at radius 2 is 2.25 bits per heavy atom. The quantitative estimate of drug-likeness (QED) is 0.726. The second kappa shape index (κ2) is 3.97. The number of benzene rings is 1. The molecule has 3 heteroatoms. The van der Waals surface area contributed by atoms with Gasteiger partial charge < -0.3 is 5.73 Å². The first-order valence-electron chi connectivity index (χ1n) is 3.68. The second-order valence-electron chi connectivity index (χ2n) is 2.55. The van der Waals surface area contributed by atoms with Crippen LogP contribution in [0.5, 0.6) is 0 Å². The average molecular weight is 167 g/mol. The molecule has 0 spiro atoms. The van der Waals surface area contributed by atoms with Gasteiger partial charge in [-0.25, -0.2) is 4.39 Å². The standard InChI is InChI=1S/C9H10FNO/c10-8-3-1-2-7(4-8)5-9(12)6-11/h1-4H,5-6,11H2. The number of carbonyl (C=O) groups is 1. The van der Waals surface area contributed by atoms with E-state index >= 15 is 0 Å². The maximum Gasteiger partial charge on any atom is 0.150 e. The van der Waals surface area contributed by atoms with Crippen molar-refractivity contribution in [3.63, 3.8) is 0 Å². The molecule has 0 heterocycles. The zero-order valence-corrected chi connectivity index (χ0v) is 6.59. The number of hydrogen-bond acceptors (Lipinski definition) is 2. The third-order valence-corrected chi connectivity index (χ3v) is 1.52. The van der Waals surface area contributed by atoms with Crippen LogP contribution in [0.2, 0.25) is 0 Å². The summed E-state index contributed by atoms with van der Waals surface area (Å²) in [7, 11) is 0. The largest absolute Gasteiger partial charge is 0.324 e. The number of ketones is 1. The molecule has 0 radical (unpaired) electrons. The molecule has 0 bridgehead atoms. The molecular formula is C9H10FNO. The number of nitrogens with two attached hydrogens (primary N) is 1. The van der Waals surface area contributed by atoms with E-state index < -0.39 is 0 Å². The summed E-state index contributed by atoms with van der Waals surface area (Å²) in [6.45, 7) is 0.0104. The Morgan fingerprint density at radius 1 is 1.50 bits per heavy atom. The van der Waals surface area contributed by atoms with Crippen molar-refractivity contribution in [2.45, 2.75) is 6.42 Å². The molecule has 0 fully saturated rings. The highest BCUT2D eigenvalue weighted by molar-refractivity contribution is 5.82. The number of hydrogen-bond donors (Lipinski definition) is 1. The van der Waals surface area contributed by atoms with Gasteiger partial charge in [-0.3, -0.25) is 4.79 Å². The molecule has 2 nitrogen and oxygen atoms in total. The van der Waals surface area contributed by atoms with E-state index in [1.165, 1.54) is 12.1 Å². The van der Waals surface area contributed by atoms with E-state index in [1.807, 2.05) is 0 Å². The number of halogens is 1. The lowest BCUT2D eigenvalue weighted by Gasteiger charge is -1.97. The summed E-state index contributed by atoms with van der Waals surface area (Å²) in [5, 5.41) is 0. The molecule has 0 aliphatic carbocycles. The number of carbonyl (C=O) groups excluding carboxylic acids is 1. The van der Waals surface area contributed by atoms with Crippen molar-refractivity contribution in [2.75, 3.05) is 6.54 Å². The van der Waals surface area contributed by atoms with Crippen molar-refractivity contribution in [1.29, 1.82) is 0 Å². The van der Waals surface area contributed by atoms with Crippen LogP contribution in [0.4, 0.5) is 4.39 Å². The highest BCUT2D eigenvalue weighted by atomic mass is 19.1. The van der Waals surface area contributed by atoms with E-state index in [4.69, 9.17) is 5.73 Å². The monoisotopic (exact) mass is 167 g/mol. The molecule has 0 atom stereocenters. The van der Waals surface area contributed by atoms with E-state index in [-0.39, 0.29) is 24.6 Å². The fraction of sp³-hybridized carbons (Fsp3) is 0.222. The van der Waals surface area contributed by atoms with Gasteiger partial charge in [0.25, 0.3) is 0 Å². The molecular weight excluding hydrogens is 157 g/mol. The molecule has 64 valence electrons. The van der Waals surface area contributed by atoms with Gasteiger partial charge in [0.15, 0.2) is 5.78 Å². The Kier molecular flexibility index (Phi) is 2.94. The van der Waals surface area contributed by atoms with Crippen molar-refractivity contribution in [1.82, 2.24) is 0 Å². The van der Waals surface area contributed by atoms with Crippen LogP contribution < -0.4 is 5.73 Å². The molecule has 12 heavy (non-hydrogen) atoms. The zero-order chi connectivity index (χ0) is 8.97. The highest BCUT2D eigenvalue weighted by Gasteiger charge is 2.01. The van der Waals surface area contributed by atoms with Gasteiger partial charge in [-0.2, -0.15) is 0 Å². The minimum absolute atomic E-state index is 0.0104. The molecule has 1 aromatic carbocycles. The summed E-state index contributed by atoms with van der Waals surface area (Å²) in [6.07, 6.45) is 0.217. The van der Waals surface area contributed by atoms with Crippen molar-refractivity contribution in [2.24, 2.45) is 5.73 Å². The van der Waals surface area contributed by atoms with Gasteiger partial charge in [0.2, 0.25) is 0 Å². The number of rotatable bonds is 3. The van der Waals surface area contributed by atoms with E-state index in [9.17, 15) is 9.18 Å². The van der Waals surface area contributed by atoms with Gasteiger partial charge in [-0.1, -0.05) is 12.1 Å². The third-order valence-electron chi connectivity index (χ3n) is 1.52. The van der Waals surface area contributed by atoms with Gasteiger partial charge in [-0.15, -0.1) is 0 Å². The summed E-state index contributed by atoms with van der Waals surface area (Å²) in [5.74, 6) is -0.405. The van der Waals surface area contributed by atoms with Crippen molar-refractivity contribution in [3.8, 4) is 0 Å². The lowest BCUT2D eigenvalue weighted by molar-refractivity contribution is -0.117. The third kappa shape index (κ3) is 2.43. The minimum Gasteiger partial charge on any atom is -0.324 e. The van der Waals surface area contributed by atoms with E-state index in [2.05, 4.69) is 0 Å². The van der Waals surface area contributed by atoms with Crippen molar-refractivity contribution in [3.05, 3.63) is 35.6 Å². The van der Waals surface area contributed by atoms with Crippen LogP contribution in [0.25, 0.3) is 0 Å². The second-order valence-corrected chi connectivity index (χ2v) is 2.55. The molecule has 0 aromatic heterocycles. The molecule has 0 aliphatic heterocycles. The Balaban J connectivity index is 2.69. The first-order valence-corrected chi connectivity index (χ1v) is 3.68. The number of Topliss-reactive ketones (excluding diaryl/α,β-unsaturated/α-hetero) is 1. The molecule has 0 unspecified atom stereocenters. The predicted molar refractivity (Wildman–Crippen MR) is 44.2 cm³/mol. The molecule has 2 N–H and O–H groups in total. The van der Waals surface area contributed by atoms with Gasteiger partial charge >= 0.3 is 0 Å². The van der Waals surface area contributed by atoms with E-state index in [1.54, 1.807) is 12.1 Å². The lowest BCUT2D eigenvalue weighted by atomic mass is 10.1. The Hall–Kier alpha value is -1.22. The molecule has 1 aromatic rings. The summed E-state index contributed by atoms with van der Waals surface area (Å²) in [4.78, 5) is 10.8. The molecule has 0 amide bonds. The van der Waals surface area contributed by atoms with Crippen LogP contribution >= 0.6 is 0 Å². The van der Waals surface area contributed by atoms with Crippen LogP contribution in [0, 0.1) is 5.82 Å². The summed E-state index contributed by atoms with van der Waals surface area (Å²) in [6, 6.07) is 5.97. The Bertz CT molecular complexity index is 286. The Morgan fingerprint density at radius 3 is 2.83 bits per heavy atom. The SMILES string of the molecule is NCC(=O)Cc1cccc(F)c1. The van der Waals surface area contributed by atoms with Crippen molar-refractivity contribution < 1.29 is 9.18 Å². The minimum atomic E-state index is -0.322. The van der Waals surface area contributed by atoms with Crippen LogP contribution in [0.3, 0.4) is 0 Å². The molecule has 0 saturated heterocycles. The first-order chi connectivity index (χ1) is 5.72. The molecule has 1 rings (SSSR count). The fourth-order valence-corrected chi connectivity index (χ4v) is 0.947. The van der Waals surface area contributed by atoms with E-state index in [0.717, 1.165) is 0 Å². The molecule has 0 saturated carbocycles.